The molecular formula is C21H28O2. The van der Waals surface area contributed by atoms with Crippen molar-refractivity contribution in [3.63, 3.8) is 0 Å². The third-order valence-corrected chi connectivity index (χ3v) is 7.94. The topological polar surface area (TPSA) is 37.3 Å². The number of allylic oxidation sites excluding steroid dienone is 2. The fraction of sp³-hybridized carbons (Fsp3) is 0.762. The lowest BCUT2D eigenvalue weighted by atomic mass is 9.50. The van der Waals surface area contributed by atoms with E-state index in [1.807, 2.05) is 0 Å². The van der Waals surface area contributed by atoms with Crippen LogP contribution in [-0.4, -0.2) is 16.5 Å². The number of carbonyl (C=O) groups excluding carboxylic acids is 1. The quantitative estimate of drug-likeness (QED) is 0.589. The Morgan fingerprint density at radius 1 is 1.30 bits per heavy atom. The molecule has 3 fully saturated rings. The zero-order chi connectivity index (χ0) is 16.2. The summed E-state index contributed by atoms with van der Waals surface area (Å²) in [5, 5.41) is 11.1. The van der Waals surface area contributed by atoms with Crippen LogP contribution in [-0.2, 0) is 4.79 Å². The van der Waals surface area contributed by atoms with Crippen LogP contribution in [0.5, 0.6) is 0 Å². The molecule has 4 aliphatic carbocycles. The molecule has 0 aliphatic heterocycles. The largest absolute Gasteiger partial charge is 0.377 e. The maximum Gasteiger partial charge on any atom is 0.137 e. The minimum Gasteiger partial charge on any atom is -0.377 e. The molecule has 4 aliphatic rings. The van der Waals surface area contributed by atoms with E-state index in [1.165, 1.54) is 6.42 Å². The summed E-state index contributed by atoms with van der Waals surface area (Å²) >= 11 is 0. The van der Waals surface area contributed by atoms with Gasteiger partial charge in [-0.2, -0.15) is 0 Å². The molecule has 1 N–H and O–H groups in total. The Bertz CT molecular complexity index is 597. The molecule has 6 atom stereocenters. The van der Waals surface area contributed by atoms with Crippen LogP contribution in [0.1, 0.15) is 64.7 Å². The number of ketones is 1. The molecule has 0 aromatic carbocycles. The third kappa shape index (κ3) is 1.96. The number of rotatable bonds is 1. The summed E-state index contributed by atoms with van der Waals surface area (Å²) in [6.45, 7) is 2.21. The summed E-state index contributed by atoms with van der Waals surface area (Å²) < 4.78 is 0. The van der Waals surface area contributed by atoms with E-state index in [4.69, 9.17) is 6.42 Å². The van der Waals surface area contributed by atoms with Gasteiger partial charge in [0.2, 0.25) is 0 Å². The van der Waals surface area contributed by atoms with Crippen LogP contribution in [0.2, 0.25) is 0 Å². The van der Waals surface area contributed by atoms with E-state index in [2.05, 4.69) is 18.9 Å². The summed E-state index contributed by atoms with van der Waals surface area (Å²) in [4.78, 5) is 11.8. The Hall–Kier alpha value is -1.07. The molecule has 3 saturated carbocycles. The highest BCUT2D eigenvalue weighted by Gasteiger charge is 2.63. The molecule has 124 valence electrons. The molecule has 0 unspecified atom stereocenters. The smallest absolute Gasteiger partial charge is 0.137 e. The van der Waals surface area contributed by atoms with Crippen LogP contribution >= 0.6 is 0 Å². The molecule has 0 radical (unpaired) electrons. The van der Waals surface area contributed by atoms with Crippen molar-refractivity contribution in [2.45, 2.75) is 70.3 Å². The lowest BCUT2D eigenvalue weighted by molar-refractivity contribution is -0.120. The minimum atomic E-state index is -0.898. The highest BCUT2D eigenvalue weighted by Crippen LogP contribution is 2.65. The first-order valence-corrected chi connectivity index (χ1v) is 9.46. The Kier molecular flexibility index (Phi) is 3.50. The van der Waals surface area contributed by atoms with Crippen LogP contribution < -0.4 is 0 Å². The Morgan fingerprint density at radius 2 is 2.13 bits per heavy atom. The molecule has 0 saturated heterocycles. The highest BCUT2D eigenvalue weighted by molar-refractivity contribution is 5.82. The van der Waals surface area contributed by atoms with Gasteiger partial charge in [-0.1, -0.05) is 24.5 Å². The second kappa shape index (κ2) is 5.21. The number of hydrogen-bond acceptors (Lipinski definition) is 2. The summed E-state index contributed by atoms with van der Waals surface area (Å²) in [6.07, 6.45) is 16.9. The molecule has 0 heterocycles. The normalized spacial score (nSPS) is 48.7. The van der Waals surface area contributed by atoms with Gasteiger partial charge in [0.15, 0.2) is 0 Å². The number of hydrogen-bond donors (Lipinski definition) is 1. The molecular weight excluding hydrogens is 284 g/mol. The maximum absolute atomic E-state index is 11.8. The van der Waals surface area contributed by atoms with E-state index >= 15 is 0 Å². The fourth-order valence-electron chi connectivity index (χ4n) is 6.87. The number of fused-ring (bicyclic) bond motifs is 5. The lowest BCUT2D eigenvalue weighted by Crippen LogP contribution is -2.52. The van der Waals surface area contributed by atoms with Crippen LogP contribution in [0.15, 0.2) is 11.6 Å². The van der Waals surface area contributed by atoms with Crippen LogP contribution in [0.3, 0.4) is 0 Å². The fourth-order valence-corrected chi connectivity index (χ4v) is 6.87. The molecule has 0 amide bonds. The number of aliphatic hydroxyl groups is 1. The van der Waals surface area contributed by atoms with Crippen LogP contribution in [0.4, 0.5) is 0 Å². The van der Waals surface area contributed by atoms with Gasteiger partial charge in [-0.3, -0.25) is 4.79 Å². The predicted molar refractivity (Wildman–Crippen MR) is 90.5 cm³/mol. The van der Waals surface area contributed by atoms with Crippen molar-refractivity contribution >= 4 is 5.78 Å². The first kappa shape index (κ1) is 15.5. The zero-order valence-corrected chi connectivity index (χ0v) is 14.2. The average Bonchev–Trinajstić information content (AvgIpc) is 2.88. The van der Waals surface area contributed by atoms with E-state index in [9.17, 15) is 9.90 Å². The molecule has 0 aromatic rings. The zero-order valence-electron chi connectivity index (χ0n) is 14.2. The van der Waals surface area contributed by atoms with E-state index in [0.717, 1.165) is 44.9 Å². The van der Waals surface area contributed by atoms with Gasteiger partial charge in [0.05, 0.1) is 0 Å². The third-order valence-electron chi connectivity index (χ3n) is 7.94. The molecule has 0 spiro atoms. The van der Waals surface area contributed by atoms with Gasteiger partial charge in [0.25, 0.3) is 0 Å². The van der Waals surface area contributed by atoms with Gasteiger partial charge >= 0.3 is 0 Å². The van der Waals surface area contributed by atoms with Crippen LogP contribution in [0.25, 0.3) is 0 Å². The Balaban J connectivity index is 1.68. The second-order valence-electron chi connectivity index (χ2n) is 8.39. The molecule has 23 heavy (non-hydrogen) atoms. The molecule has 4 rings (SSSR count). The maximum atomic E-state index is 11.8. The van der Waals surface area contributed by atoms with E-state index in [0.29, 0.717) is 35.9 Å². The summed E-state index contributed by atoms with van der Waals surface area (Å²) in [7, 11) is 0. The van der Waals surface area contributed by atoms with Gasteiger partial charge in [-0.25, -0.2) is 0 Å². The van der Waals surface area contributed by atoms with Crippen molar-refractivity contribution in [2.75, 3.05) is 0 Å². The van der Waals surface area contributed by atoms with Gasteiger partial charge in [0, 0.05) is 18.3 Å². The van der Waals surface area contributed by atoms with Gasteiger partial charge in [-0.05, 0) is 68.6 Å². The first-order valence-electron chi connectivity index (χ1n) is 9.46. The predicted octanol–water partition coefficient (Wildman–Crippen LogP) is 3.88. The van der Waals surface area contributed by atoms with Gasteiger partial charge in [-0.15, -0.1) is 6.42 Å². The molecule has 0 bridgehead atoms. The van der Waals surface area contributed by atoms with Crippen molar-refractivity contribution in [3.8, 4) is 12.3 Å². The van der Waals surface area contributed by atoms with Gasteiger partial charge < -0.3 is 5.11 Å². The second-order valence-corrected chi connectivity index (χ2v) is 8.39. The Labute approximate surface area is 139 Å². The number of Topliss-reactive ketones (excluding diaryl/α,β-unsaturated/α-hetero) is 1. The summed E-state index contributed by atoms with van der Waals surface area (Å²) in [6, 6.07) is 0. The lowest BCUT2D eigenvalue weighted by Gasteiger charge is -2.55. The van der Waals surface area contributed by atoms with Crippen LogP contribution in [0, 0.1) is 41.4 Å². The SMILES string of the molecule is C#C[C@]1(O)CC[C@H]2[C@@H]3CC[C@H]4CC(=O)CC=C4[C@H]3CC[C@@]21CC. The molecule has 2 heteroatoms. The van der Waals surface area contributed by atoms with Crippen molar-refractivity contribution < 1.29 is 9.90 Å². The monoisotopic (exact) mass is 312 g/mol. The average molecular weight is 312 g/mol. The molecule has 0 aromatic heterocycles. The molecule has 2 nitrogen and oxygen atoms in total. The van der Waals surface area contributed by atoms with Crippen molar-refractivity contribution in [2.24, 2.45) is 29.1 Å². The highest BCUT2D eigenvalue weighted by atomic mass is 16.3. The van der Waals surface area contributed by atoms with E-state index in [1.54, 1.807) is 5.57 Å². The minimum absolute atomic E-state index is 0.0687. The summed E-state index contributed by atoms with van der Waals surface area (Å²) in [5.74, 6) is 5.59. The van der Waals surface area contributed by atoms with E-state index < -0.39 is 5.60 Å². The number of terminal acetylenes is 1. The van der Waals surface area contributed by atoms with E-state index in [-0.39, 0.29) is 5.41 Å². The standard InChI is InChI=1S/C21H28O2/c1-3-20-11-9-17-16-8-6-15(22)13-14(16)5-7-18(17)19(20)10-12-21(20,23)4-2/h2,8,14,17-19,23H,3,5-7,9-13H2,1H3/t14-,17+,18+,19-,20-,21-/m0/s1. The van der Waals surface area contributed by atoms with Gasteiger partial charge in [0.1, 0.15) is 11.4 Å². The van der Waals surface area contributed by atoms with Crippen molar-refractivity contribution in [1.82, 2.24) is 0 Å². The summed E-state index contributed by atoms with van der Waals surface area (Å²) in [5.41, 5.74) is 0.619. The van der Waals surface area contributed by atoms with Crippen molar-refractivity contribution in [3.05, 3.63) is 11.6 Å². The first-order chi connectivity index (χ1) is 11.0. The number of carbonyl (C=O) groups is 1. The van der Waals surface area contributed by atoms with Crippen molar-refractivity contribution in [1.29, 1.82) is 0 Å². The Morgan fingerprint density at radius 3 is 2.87 bits per heavy atom.